The Kier molecular flexibility index (Phi) is 1.88. The second-order valence-corrected chi connectivity index (χ2v) is 1.67. The molecule has 1 aromatic heterocycles. The standard InChI is InChI=1S/C3H6N4OS/c1-2-8-7-3(9)4-5-6-7/h2H2,1H3,(H,4,6,9). The summed E-state index contributed by atoms with van der Waals surface area (Å²) in [5.41, 5.74) is 0. The summed E-state index contributed by atoms with van der Waals surface area (Å²) in [7, 11) is 0. The smallest absolute Gasteiger partial charge is 0.245 e. The fourth-order valence-electron chi connectivity index (χ4n) is 0.380. The molecule has 5 nitrogen and oxygen atoms in total. The van der Waals surface area contributed by atoms with Crippen molar-refractivity contribution in [2.24, 2.45) is 0 Å². The van der Waals surface area contributed by atoms with Crippen molar-refractivity contribution in [2.45, 2.75) is 12.1 Å². The summed E-state index contributed by atoms with van der Waals surface area (Å²) in [5.74, 6) is 0. The van der Waals surface area contributed by atoms with Gasteiger partial charge in [0.05, 0.1) is 0 Å². The lowest BCUT2D eigenvalue weighted by Gasteiger charge is -1.97. The number of nitrogens with zero attached hydrogens (tertiary/aromatic N) is 4. The van der Waals surface area contributed by atoms with Crippen LogP contribution in [0.3, 0.4) is 0 Å². The third-order valence-corrected chi connectivity index (χ3v) is 0.938. The highest BCUT2D eigenvalue weighted by atomic mass is 32.1. The van der Waals surface area contributed by atoms with Gasteiger partial charge >= 0.3 is 0 Å². The first kappa shape index (κ1) is 6.34. The lowest BCUT2D eigenvalue weighted by atomic mass is 10.9. The molecule has 0 aliphatic rings. The molecule has 0 atom stereocenters. The topological polar surface area (TPSA) is 52.8 Å². The van der Waals surface area contributed by atoms with Crippen LogP contribution in [0.5, 0.6) is 0 Å². The van der Waals surface area contributed by atoms with Crippen LogP contribution in [-0.4, -0.2) is 27.0 Å². The van der Waals surface area contributed by atoms with Gasteiger partial charge in [0, 0.05) is 0 Å². The summed E-state index contributed by atoms with van der Waals surface area (Å²) in [6.45, 7) is 2.37. The molecule has 0 aromatic carbocycles. The highest BCUT2D eigenvalue weighted by Crippen LogP contribution is 1.92. The van der Waals surface area contributed by atoms with Crippen molar-refractivity contribution < 1.29 is 4.84 Å². The van der Waals surface area contributed by atoms with Crippen LogP contribution in [0.1, 0.15) is 6.92 Å². The number of aromatic nitrogens is 4. The second kappa shape index (κ2) is 2.67. The molecule has 0 amide bonds. The Bertz CT molecular complexity index is 188. The van der Waals surface area contributed by atoms with Gasteiger partial charge in [0.1, 0.15) is 6.61 Å². The number of rotatable bonds is 2. The van der Waals surface area contributed by atoms with Gasteiger partial charge in [0.15, 0.2) is 0 Å². The van der Waals surface area contributed by atoms with E-state index in [0.29, 0.717) is 11.8 Å². The first-order valence-electron chi connectivity index (χ1n) is 2.45. The van der Waals surface area contributed by atoms with E-state index in [9.17, 15) is 0 Å². The third kappa shape index (κ3) is 1.32. The summed E-state index contributed by atoms with van der Waals surface area (Å²) in [6, 6.07) is 0. The third-order valence-electron chi connectivity index (χ3n) is 0.678. The van der Waals surface area contributed by atoms with Crippen molar-refractivity contribution >= 4 is 12.6 Å². The first-order chi connectivity index (χ1) is 4.34. The zero-order chi connectivity index (χ0) is 6.69. The number of hydrogen-bond donors (Lipinski definition) is 1. The van der Waals surface area contributed by atoms with E-state index in [1.807, 2.05) is 6.92 Å². The van der Waals surface area contributed by atoms with Crippen molar-refractivity contribution in [2.75, 3.05) is 6.61 Å². The molecular weight excluding hydrogens is 140 g/mol. The maximum atomic E-state index is 4.88. The normalized spacial score (nSPS) is 9.56. The molecular formula is C3H6N4OS. The molecule has 0 aliphatic heterocycles. The van der Waals surface area contributed by atoms with Crippen LogP contribution in [0.25, 0.3) is 0 Å². The molecule has 1 aromatic rings. The van der Waals surface area contributed by atoms with Crippen LogP contribution in [0.15, 0.2) is 5.16 Å². The SMILES string of the molecule is CCOn1nnnc1S. The van der Waals surface area contributed by atoms with Crippen molar-refractivity contribution in [1.29, 1.82) is 0 Å². The molecule has 6 heteroatoms. The zero-order valence-electron chi connectivity index (χ0n) is 4.85. The zero-order valence-corrected chi connectivity index (χ0v) is 5.75. The van der Waals surface area contributed by atoms with Crippen LogP contribution in [0, 0.1) is 0 Å². The Morgan fingerprint density at radius 3 is 3.00 bits per heavy atom. The van der Waals surface area contributed by atoms with E-state index >= 15 is 0 Å². The first-order valence-corrected chi connectivity index (χ1v) is 2.90. The molecule has 0 spiro atoms. The van der Waals surface area contributed by atoms with Crippen LogP contribution in [-0.2, 0) is 0 Å². The molecule has 9 heavy (non-hydrogen) atoms. The van der Waals surface area contributed by atoms with Gasteiger partial charge in [-0.15, -0.1) is 0 Å². The summed E-state index contributed by atoms with van der Waals surface area (Å²) < 4.78 is 0. The van der Waals surface area contributed by atoms with Gasteiger partial charge in [0.25, 0.3) is 0 Å². The maximum absolute atomic E-state index is 4.88. The monoisotopic (exact) mass is 146 g/mol. The Morgan fingerprint density at radius 1 is 1.78 bits per heavy atom. The molecule has 0 aliphatic carbocycles. The average molecular weight is 146 g/mol. The van der Waals surface area contributed by atoms with Crippen LogP contribution in [0.4, 0.5) is 0 Å². The predicted molar refractivity (Wildman–Crippen MR) is 32.2 cm³/mol. The average Bonchev–Trinajstić information content (AvgIpc) is 2.18. The molecule has 0 fully saturated rings. The van der Waals surface area contributed by atoms with E-state index < -0.39 is 0 Å². The summed E-state index contributed by atoms with van der Waals surface area (Å²) in [5, 5.41) is 10.6. The Hall–Kier alpha value is -0.780. The molecule has 1 rings (SSSR count). The largest absolute Gasteiger partial charge is 0.394 e. The summed E-state index contributed by atoms with van der Waals surface area (Å²) in [6.07, 6.45) is 0. The lowest BCUT2D eigenvalue weighted by molar-refractivity contribution is 0.0699. The van der Waals surface area contributed by atoms with Crippen LogP contribution >= 0.6 is 12.6 Å². The minimum Gasteiger partial charge on any atom is -0.394 e. The van der Waals surface area contributed by atoms with E-state index in [4.69, 9.17) is 4.84 Å². The minimum absolute atomic E-state index is 0.358. The van der Waals surface area contributed by atoms with Gasteiger partial charge in [-0.05, 0) is 17.4 Å². The molecule has 0 saturated heterocycles. The van der Waals surface area contributed by atoms with E-state index in [-0.39, 0.29) is 0 Å². The van der Waals surface area contributed by atoms with E-state index in [1.165, 1.54) is 0 Å². The molecule has 1 heterocycles. The molecule has 0 N–H and O–H groups in total. The molecule has 0 saturated carbocycles. The molecule has 0 radical (unpaired) electrons. The quantitative estimate of drug-likeness (QED) is 0.567. The number of tetrazole rings is 1. The molecule has 50 valence electrons. The summed E-state index contributed by atoms with van der Waals surface area (Å²) >= 11 is 3.88. The highest BCUT2D eigenvalue weighted by Gasteiger charge is 1.97. The maximum Gasteiger partial charge on any atom is 0.245 e. The predicted octanol–water partition coefficient (Wildman–Crippen LogP) is -0.590. The minimum atomic E-state index is 0.358. The number of hydrogen-bond acceptors (Lipinski definition) is 5. The summed E-state index contributed by atoms with van der Waals surface area (Å²) in [4.78, 5) is 6.04. The van der Waals surface area contributed by atoms with E-state index in [1.54, 1.807) is 0 Å². The van der Waals surface area contributed by atoms with Crippen molar-refractivity contribution in [3.63, 3.8) is 0 Å². The number of thiol groups is 1. The lowest BCUT2D eigenvalue weighted by Crippen LogP contribution is -2.12. The van der Waals surface area contributed by atoms with Crippen molar-refractivity contribution in [3.05, 3.63) is 0 Å². The van der Waals surface area contributed by atoms with Gasteiger partial charge < -0.3 is 4.84 Å². The Labute approximate surface area is 57.4 Å². The van der Waals surface area contributed by atoms with Crippen LogP contribution < -0.4 is 4.84 Å². The molecule has 0 unspecified atom stereocenters. The van der Waals surface area contributed by atoms with Crippen LogP contribution in [0.2, 0.25) is 0 Å². The Balaban J connectivity index is 2.69. The van der Waals surface area contributed by atoms with E-state index in [0.717, 1.165) is 4.85 Å². The fourth-order valence-corrected chi connectivity index (χ4v) is 0.518. The van der Waals surface area contributed by atoms with Gasteiger partial charge in [0.2, 0.25) is 5.16 Å². The van der Waals surface area contributed by atoms with Crippen molar-refractivity contribution in [1.82, 2.24) is 20.4 Å². The second-order valence-electron chi connectivity index (χ2n) is 1.27. The van der Waals surface area contributed by atoms with Gasteiger partial charge in [-0.2, -0.15) is 0 Å². The van der Waals surface area contributed by atoms with Crippen molar-refractivity contribution in [3.8, 4) is 0 Å². The van der Waals surface area contributed by atoms with E-state index in [2.05, 4.69) is 28.2 Å². The molecule has 0 bridgehead atoms. The van der Waals surface area contributed by atoms with Gasteiger partial charge in [-0.25, -0.2) is 0 Å². The Morgan fingerprint density at radius 2 is 2.56 bits per heavy atom. The fraction of sp³-hybridized carbons (Fsp3) is 0.667. The van der Waals surface area contributed by atoms with Gasteiger partial charge in [-0.3, -0.25) is 0 Å². The van der Waals surface area contributed by atoms with Gasteiger partial charge in [-0.1, -0.05) is 22.6 Å². The highest BCUT2D eigenvalue weighted by molar-refractivity contribution is 7.80.